The van der Waals surface area contributed by atoms with Crippen molar-refractivity contribution in [1.82, 2.24) is 19.7 Å². The summed E-state index contributed by atoms with van der Waals surface area (Å²) in [6.45, 7) is 7.62. The van der Waals surface area contributed by atoms with Crippen molar-refractivity contribution in [3.8, 4) is 17.4 Å². The zero-order chi connectivity index (χ0) is 26.0. The van der Waals surface area contributed by atoms with Crippen LogP contribution < -0.4 is 15.4 Å². The summed E-state index contributed by atoms with van der Waals surface area (Å²) in [5.41, 5.74) is 2.03. The lowest BCUT2D eigenvalue weighted by molar-refractivity contribution is -0.136. The Labute approximate surface area is 205 Å². The normalized spacial score (nSPS) is 11.3. The van der Waals surface area contributed by atoms with Crippen LogP contribution in [0.3, 0.4) is 0 Å². The third-order valence-corrected chi connectivity index (χ3v) is 5.49. The van der Waals surface area contributed by atoms with E-state index in [1.54, 1.807) is 41.9 Å². The molecule has 4 rings (SSSR count). The molecule has 0 aliphatic heterocycles. The van der Waals surface area contributed by atoms with Crippen molar-refractivity contribution in [2.24, 2.45) is 0 Å². The van der Waals surface area contributed by atoms with Crippen LogP contribution in [0.15, 0.2) is 54.6 Å². The number of amides is 2. The van der Waals surface area contributed by atoms with Crippen LogP contribution in [-0.2, 0) is 6.18 Å². The van der Waals surface area contributed by atoms with Crippen LogP contribution in [0.2, 0.25) is 0 Å². The molecule has 0 unspecified atom stereocenters. The second-order valence-corrected chi connectivity index (χ2v) is 8.07. The summed E-state index contributed by atoms with van der Waals surface area (Å²) < 4.78 is 47.0. The monoisotopic (exact) mass is 496 g/mol. The lowest BCUT2D eigenvalue weighted by Crippen LogP contribution is -2.21. The van der Waals surface area contributed by atoms with E-state index in [1.165, 1.54) is 18.2 Å². The zero-order valence-electron chi connectivity index (χ0n) is 19.9. The Kier molecular flexibility index (Phi) is 6.65. The number of rotatable bonds is 5. The van der Waals surface area contributed by atoms with Gasteiger partial charge in [0.15, 0.2) is 5.82 Å². The third kappa shape index (κ3) is 5.45. The summed E-state index contributed by atoms with van der Waals surface area (Å²) in [4.78, 5) is 21.0. The number of carbonyl (C=O) groups excluding carboxylic acids is 1. The van der Waals surface area contributed by atoms with Crippen LogP contribution in [0.25, 0.3) is 5.82 Å². The van der Waals surface area contributed by atoms with E-state index in [9.17, 15) is 18.0 Å². The van der Waals surface area contributed by atoms with Crippen LogP contribution >= 0.6 is 0 Å². The Morgan fingerprint density at radius 2 is 1.64 bits per heavy atom. The quantitative estimate of drug-likeness (QED) is 0.336. The lowest BCUT2D eigenvalue weighted by atomic mass is 10.1. The molecule has 0 aliphatic carbocycles. The van der Waals surface area contributed by atoms with Crippen LogP contribution in [-0.4, -0.2) is 25.8 Å². The minimum Gasteiger partial charge on any atom is -0.439 e. The molecular weight excluding hydrogens is 473 g/mol. The molecule has 0 fully saturated rings. The van der Waals surface area contributed by atoms with E-state index in [1.807, 2.05) is 20.8 Å². The van der Waals surface area contributed by atoms with Gasteiger partial charge in [-0.2, -0.15) is 23.3 Å². The van der Waals surface area contributed by atoms with E-state index in [-0.39, 0.29) is 5.69 Å². The van der Waals surface area contributed by atoms with Crippen molar-refractivity contribution in [3.63, 3.8) is 0 Å². The van der Waals surface area contributed by atoms with Gasteiger partial charge in [-0.3, -0.25) is 0 Å². The second-order valence-electron chi connectivity index (χ2n) is 8.07. The number of nitrogens with zero attached hydrogens (tertiary/aromatic N) is 4. The first-order valence-electron chi connectivity index (χ1n) is 10.9. The zero-order valence-corrected chi connectivity index (χ0v) is 19.9. The molecule has 0 aliphatic rings. The molecule has 2 amide bonds. The number of para-hydroxylation sites is 1. The van der Waals surface area contributed by atoms with Crippen molar-refractivity contribution < 1.29 is 22.7 Å². The number of halogens is 3. The Morgan fingerprint density at radius 1 is 0.944 bits per heavy atom. The van der Waals surface area contributed by atoms with E-state index in [0.29, 0.717) is 29.0 Å². The van der Waals surface area contributed by atoms with E-state index in [2.05, 4.69) is 25.7 Å². The number of aryl methyl sites for hydroxylation is 2. The van der Waals surface area contributed by atoms with Crippen molar-refractivity contribution in [3.05, 3.63) is 82.9 Å². The summed E-state index contributed by atoms with van der Waals surface area (Å²) in [6.07, 6.45) is -4.59. The van der Waals surface area contributed by atoms with Gasteiger partial charge in [0.05, 0.1) is 16.9 Å². The molecular formula is C25H23F3N6O2. The molecule has 0 atom stereocenters. The summed E-state index contributed by atoms with van der Waals surface area (Å²) >= 11 is 0. The van der Waals surface area contributed by atoms with Gasteiger partial charge in [-0.05, 0) is 69.7 Å². The standard InChI is InChI=1S/C25H23F3N6O2/c1-14-15(2)33-34(16(14)3)22-13-23(30-17(4)29-22)36-19-11-9-18(10-12-19)31-24(35)32-21-8-6-5-7-20(21)25(26,27)28/h5-13H,1-4H3,(H2,31,32,35). The highest BCUT2D eigenvalue weighted by Gasteiger charge is 2.33. The number of hydrogen-bond acceptors (Lipinski definition) is 5. The molecule has 36 heavy (non-hydrogen) atoms. The van der Waals surface area contributed by atoms with E-state index >= 15 is 0 Å². The highest BCUT2D eigenvalue weighted by atomic mass is 19.4. The molecule has 0 saturated heterocycles. The smallest absolute Gasteiger partial charge is 0.418 e. The van der Waals surface area contributed by atoms with Gasteiger partial charge in [0, 0.05) is 17.4 Å². The first-order valence-corrected chi connectivity index (χ1v) is 10.9. The molecule has 2 heterocycles. The Bertz CT molecular complexity index is 1410. The maximum absolute atomic E-state index is 13.1. The van der Waals surface area contributed by atoms with Crippen molar-refractivity contribution in [1.29, 1.82) is 0 Å². The number of hydrogen-bond donors (Lipinski definition) is 2. The number of nitrogens with one attached hydrogen (secondary N) is 2. The predicted molar refractivity (Wildman–Crippen MR) is 129 cm³/mol. The highest BCUT2D eigenvalue weighted by Crippen LogP contribution is 2.34. The number of ether oxygens (including phenoxy) is 1. The van der Waals surface area contributed by atoms with Crippen LogP contribution in [0.5, 0.6) is 11.6 Å². The Morgan fingerprint density at radius 3 is 2.28 bits per heavy atom. The van der Waals surface area contributed by atoms with Crippen molar-refractivity contribution >= 4 is 17.4 Å². The van der Waals surface area contributed by atoms with Gasteiger partial charge in [0.25, 0.3) is 0 Å². The van der Waals surface area contributed by atoms with E-state index < -0.39 is 17.8 Å². The Hall–Kier alpha value is -4.41. The number of aromatic nitrogens is 4. The van der Waals surface area contributed by atoms with Crippen molar-refractivity contribution in [2.75, 3.05) is 10.6 Å². The van der Waals surface area contributed by atoms with Gasteiger partial charge in [-0.1, -0.05) is 12.1 Å². The van der Waals surface area contributed by atoms with Crippen LogP contribution in [0.1, 0.15) is 28.3 Å². The number of alkyl halides is 3. The average Bonchev–Trinajstić information content (AvgIpc) is 3.07. The van der Waals surface area contributed by atoms with Gasteiger partial charge in [-0.15, -0.1) is 0 Å². The molecule has 8 nitrogen and oxygen atoms in total. The molecule has 0 radical (unpaired) electrons. The molecule has 0 saturated carbocycles. The molecule has 186 valence electrons. The van der Waals surface area contributed by atoms with Crippen LogP contribution in [0, 0.1) is 27.7 Å². The molecule has 11 heteroatoms. The van der Waals surface area contributed by atoms with E-state index in [0.717, 1.165) is 23.0 Å². The van der Waals surface area contributed by atoms with Gasteiger partial charge < -0.3 is 15.4 Å². The van der Waals surface area contributed by atoms with Gasteiger partial charge in [0.2, 0.25) is 5.88 Å². The number of benzene rings is 2. The number of anilines is 2. The minimum absolute atomic E-state index is 0.310. The molecule has 2 aromatic carbocycles. The van der Waals surface area contributed by atoms with E-state index in [4.69, 9.17) is 4.74 Å². The fraction of sp³-hybridized carbons (Fsp3) is 0.200. The Balaban J connectivity index is 1.45. The topological polar surface area (TPSA) is 94.0 Å². The lowest BCUT2D eigenvalue weighted by Gasteiger charge is -2.14. The molecule has 0 spiro atoms. The molecule has 2 N–H and O–H groups in total. The first kappa shape index (κ1) is 24.7. The summed E-state index contributed by atoms with van der Waals surface area (Å²) in [5, 5.41) is 9.25. The summed E-state index contributed by atoms with van der Waals surface area (Å²) in [5.74, 6) is 1.82. The van der Waals surface area contributed by atoms with Crippen LogP contribution in [0.4, 0.5) is 29.3 Å². The average molecular weight is 496 g/mol. The maximum Gasteiger partial charge on any atom is 0.418 e. The predicted octanol–water partition coefficient (Wildman–Crippen LogP) is 6.35. The van der Waals surface area contributed by atoms with Crippen molar-refractivity contribution in [2.45, 2.75) is 33.9 Å². The highest BCUT2D eigenvalue weighted by molar-refractivity contribution is 6.00. The molecule has 2 aromatic heterocycles. The van der Waals surface area contributed by atoms with Gasteiger partial charge >= 0.3 is 12.2 Å². The SMILES string of the molecule is Cc1nc(Oc2ccc(NC(=O)Nc3ccccc3C(F)(F)F)cc2)cc(-n2nc(C)c(C)c2C)n1. The minimum atomic E-state index is -4.59. The first-order chi connectivity index (χ1) is 17.0. The van der Waals surface area contributed by atoms with Gasteiger partial charge in [-0.25, -0.2) is 14.5 Å². The fourth-order valence-electron chi connectivity index (χ4n) is 3.48. The summed E-state index contributed by atoms with van der Waals surface area (Å²) in [6, 6.07) is 11.9. The molecule has 4 aromatic rings. The number of carbonyl (C=O) groups is 1. The third-order valence-electron chi connectivity index (χ3n) is 5.49. The largest absolute Gasteiger partial charge is 0.439 e. The molecule has 0 bridgehead atoms. The number of urea groups is 1. The maximum atomic E-state index is 13.1. The summed E-state index contributed by atoms with van der Waals surface area (Å²) in [7, 11) is 0. The second kappa shape index (κ2) is 9.68. The van der Waals surface area contributed by atoms with Gasteiger partial charge in [0.1, 0.15) is 11.6 Å². The fourth-order valence-corrected chi connectivity index (χ4v) is 3.48.